The highest BCUT2D eigenvalue weighted by Crippen LogP contribution is 2.15. The van der Waals surface area contributed by atoms with Crippen LogP contribution < -0.4 is 0 Å². The molecule has 0 aliphatic heterocycles. The van der Waals surface area contributed by atoms with E-state index in [1.165, 1.54) is 5.56 Å². The number of benzene rings is 2. The summed E-state index contributed by atoms with van der Waals surface area (Å²) in [5.74, 6) is 0.926. The fraction of sp³-hybridized carbons (Fsp3) is 0.208. The predicted molar refractivity (Wildman–Crippen MR) is 112 cm³/mol. The van der Waals surface area contributed by atoms with E-state index in [1.54, 1.807) is 0 Å². The van der Waals surface area contributed by atoms with Gasteiger partial charge >= 0.3 is 5.97 Å². The van der Waals surface area contributed by atoms with Gasteiger partial charge in [0.05, 0.1) is 13.0 Å². The molecular formula is C24H25NO3. The molecule has 3 rings (SSSR count). The summed E-state index contributed by atoms with van der Waals surface area (Å²) in [6.45, 7) is 3.66. The number of carbonyl (C=O) groups is 1. The van der Waals surface area contributed by atoms with Crippen LogP contribution in [0.25, 0.3) is 12.2 Å². The van der Waals surface area contributed by atoms with Crippen molar-refractivity contribution < 1.29 is 14.3 Å². The van der Waals surface area contributed by atoms with Crippen LogP contribution in [0.5, 0.6) is 0 Å². The molecule has 1 aromatic heterocycles. The van der Waals surface area contributed by atoms with Crippen molar-refractivity contribution in [2.75, 3.05) is 6.54 Å². The van der Waals surface area contributed by atoms with Gasteiger partial charge in [0.25, 0.3) is 0 Å². The van der Waals surface area contributed by atoms with Crippen LogP contribution in [0.2, 0.25) is 0 Å². The molecule has 0 aliphatic rings. The zero-order valence-corrected chi connectivity index (χ0v) is 16.0. The van der Waals surface area contributed by atoms with Crippen LogP contribution in [0.15, 0.2) is 71.1 Å². The van der Waals surface area contributed by atoms with Crippen molar-refractivity contribution in [3.63, 3.8) is 0 Å². The third-order valence-electron chi connectivity index (χ3n) is 4.47. The third kappa shape index (κ3) is 6.25. The minimum Gasteiger partial charge on any atom is -0.481 e. The second-order valence-corrected chi connectivity index (χ2v) is 6.85. The summed E-state index contributed by atoms with van der Waals surface area (Å²) in [6.07, 6.45) is 4.29. The molecule has 4 nitrogen and oxygen atoms in total. The second-order valence-electron chi connectivity index (χ2n) is 6.85. The highest BCUT2D eigenvalue weighted by Gasteiger charge is 2.11. The zero-order valence-electron chi connectivity index (χ0n) is 16.0. The molecular weight excluding hydrogens is 350 g/mol. The smallest absolute Gasteiger partial charge is 0.304 e. The zero-order chi connectivity index (χ0) is 19.8. The van der Waals surface area contributed by atoms with Gasteiger partial charge in [-0.2, -0.15) is 0 Å². The Bertz CT molecular complexity index is 911. The van der Waals surface area contributed by atoms with Crippen LogP contribution in [-0.4, -0.2) is 22.5 Å². The standard InChI is InChI=1S/C24H25NO3/c1-19-7-14-23(28-19)18-25(16-15-24(26)27)17-22-12-10-21(11-13-22)9-8-20-5-3-2-4-6-20/h2-14H,15-18H2,1H3,(H,26,27). The molecule has 0 saturated carbocycles. The SMILES string of the molecule is Cc1ccc(CN(CCC(=O)O)Cc2ccc(C=Cc3ccccc3)cc2)o1. The molecule has 28 heavy (non-hydrogen) atoms. The molecule has 4 heteroatoms. The van der Waals surface area contributed by atoms with Gasteiger partial charge in [-0.3, -0.25) is 9.69 Å². The lowest BCUT2D eigenvalue weighted by Crippen LogP contribution is -2.25. The number of hydrogen-bond donors (Lipinski definition) is 1. The third-order valence-corrected chi connectivity index (χ3v) is 4.47. The molecule has 3 aromatic rings. The summed E-state index contributed by atoms with van der Waals surface area (Å²) in [6, 6.07) is 22.4. The van der Waals surface area contributed by atoms with E-state index in [4.69, 9.17) is 9.52 Å². The van der Waals surface area contributed by atoms with Crippen molar-refractivity contribution in [1.29, 1.82) is 0 Å². The van der Waals surface area contributed by atoms with E-state index in [1.807, 2.05) is 37.3 Å². The number of furan rings is 1. The number of carboxylic acids is 1. The summed E-state index contributed by atoms with van der Waals surface area (Å²) in [4.78, 5) is 13.1. The molecule has 2 aromatic carbocycles. The average molecular weight is 375 g/mol. The molecule has 144 valence electrons. The first-order valence-corrected chi connectivity index (χ1v) is 9.40. The normalized spacial score (nSPS) is 11.4. The molecule has 0 atom stereocenters. The number of carboxylic acid groups (broad SMARTS) is 1. The highest BCUT2D eigenvalue weighted by atomic mass is 16.4. The monoisotopic (exact) mass is 375 g/mol. The Kier molecular flexibility index (Phi) is 6.82. The lowest BCUT2D eigenvalue weighted by Gasteiger charge is -2.20. The van der Waals surface area contributed by atoms with E-state index >= 15 is 0 Å². The maximum Gasteiger partial charge on any atom is 0.304 e. The van der Waals surface area contributed by atoms with Crippen molar-refractivity contribution in [1.82, 2.24) is 4.90 Å². The maximum absolute atomic E-state index is 11.0. The molecule has 0 spiro atoms. The van der Waals surface area contributed by atoms with Crippen molar-refractivity contribution in [3.8, 4) is 0 Å². The van der Waals surface area contributed by atoms with Crippen molar-refractivity contribution in [2.45, 2.75) is 26.4 Å². The molecule has 0 aliphatic carbocycles. The largest absolute Gasteiger partial charge is 0.481 e. The number of hydrogen-bond acceptors (Lipinski definition) is 3. The summed E-state index contributed by atoms with van der Waals surface area (Å²) in [5.41, 5.74) is 3.44. The Hall–Kier alpha value is -3.11. The maximum atomic E-state index is 11.0. The first-order chi connectivity index (χ1) is 13.6. The van der Waals surface area contributed by atoms with E-state index in [2.05, 4.69) is 53.5 Å². The Morgan fingerprint density at radius 1 is 0.929 bits per heavy atom. The van der Waals surface area contributed by atoms with Crippen molar-refractivity contribution in [2.24, 2.45) is 0 Å². The molecule has 0 amide bonds. The lowest BCUT2D eigenvalue weighted by molar-refractivity contribution is -0.137. The average Bonchev–Trinajstić information content (AvgIpc) is 3.11. The highest BCUT2D eigenvalue weighted by molar-refractivity contribution is 5.69. The minimum absolute atomic E-state index is 0.109. The van der Waals surface area contributed by atoms with Crippen LogP contribution >= 0.6 is 0 Å². The van der Waals surface area contributed by atoms with Gasteiger partial charge in [-0.1, -0.05) is 66.7 Å². The van der Waals surface area contributed by atoms with Gasteiger partial charge < -0.3 is 9.52 Å². The van der Waals surface area contributed by atoms with E-state index in [0.29, 0.717) is 19.6 Å². The fourth-order valence-corrected chi connectivity index (χ4v) is 3.01. The number of rotatable bonds is 9. The Balaban J connectivity index is 1.64. The van der Waals surface area contributed by atoms with Crippen LogP contribution in [-0.2, 0) is 17.9 Å². The van der Waals surface area contributed by atoms with E-state index in [-0.39, 0.29) is 6.42 Å². The van der Waals surface area contributed by atoms with Gasteiger partial charge in [-0.05, 0) is 35.7 Å². The molecule has 0 fully saturated rings. The van der Waals surface area contributed by atoms with Crippen LogP contribution in [0.3, 0.4) is 0 Å². The predicted octanol–water partition coefficient (Wildman–Crippen LogP) is 5.24. The summed E-state index contributed by atoms with van der Waals surface area (Å²) in [7, 11) is 0. The Morgan fingerprint density at radius 3 is 2.21 bits per heavy atom. The lowest BCUT2D eigenvalue weighted by atomic mass is 10.1. The number of nitrogens with zero attached hydrogens (tertiary/aromatic N) is 1. The molecule has 1 N–H and O–H groups in total. The second kappa shape index (κ2) is 9.72. The summed E-state index contributed by atoms with van der Waals surface area (Å²) < 4.78 is 5.65. The van der Waals surface area contributed by atoms with Crippen molar-refractivity contribution >= 4 is 18.1 Å². The Labute approximate surface area is 165 Å². The van der Waals surface area contributed by atoms with E-state index in [9.17, 15) is 4.79 Å². The topological polar surface area (TPSA) is 53.7 Å². The molecule has 1 heterocycles. The molecule has 0 unspecified atom stereocenters. The molecule has 0 radical (unpaired) electrons. The molecule has 0 saturated heterocycles. The first-order valence-electron chi connectivity index (χ1n) is 9.40. The minimum atomic E-state index is -0.790. The van der Waals surface area contributed by atoms with Crippen LogP contribution in [0.1, 0.15) is 34.6 Å². The number of aryl methyl sites for hydroxylation is 1. The number of aliphatic carboxylic acids is 1. The van der Waals surface area contributed by atoms with Gasteiger partial charge in [0.1, 0.15) is 11.5 Å². The summed E-state index contributed by atoms with van der Waals surface area (Å²) in [5, 5.41) is 9.03. The van der Waals surface area contributed by atoms with Crippen LogP contribution in [0, 0.1) is 6.92 Å². The van der Waals surface area contributed by atoms with Crippen LogP contribution in [0.4, 0.5) is 0 Å². The van der Waals surface area contributed by atoms with Gasteiger partial charge in [0.15, 0.2) is 0 Å². The van der Waals surface area contributed by atoms with E-state index in [0.717, 1.165) is 22.6 Å². The van der Waals surface area contributed by atoms with Gasteiger partial charge in [-0.15, -0.1) is 0 Å². The van der Waals surface area contributed by atoms with Crippen molar-refractivity contribution in [3.05, 3.63) is 94.9 Å². The molecule has 0 bridgehead atoms. The van der Waals surface area contributed by atoms with Gasteiger partial charge in [0, 0.05) is 13.1 Å². The fourth-order valence-electron chi connectivity index (χ4n) is 3.01. The van der Waals surface area contributed by atoms with E-state index < -0.39 is 5.97 Å². The quantitative estimate of drug-likeness (QED) is 0.520. The Morgan fingerprint density at radius 2 is 1.61 bits per heavy atom. The van der Waals surface area contributed by atoms with Gasteiger partial charge in [-0.25, -0.2) is 0 Å². The van der Waals surface area contributed by atoms with Gasteiger partial charge in [0.2, 0.25) is 0 Å². The first kappa shape index (κ1) is 19.6. The summed E-state index contributed by atoms with van der Waals surface area (Å²) >= 11 is 0.